The number of rotatable bonds is 0. The third kappa shape index (κ3) is 1.69. The first-order chi connectivity index (χ1) is 11.3. The molecule has 2 N–H and O–H groups in total. The molecule has 2 spiro atoms. The number of ether oxygens (including phenoxy) is 1. The highest BCUT2D eigenvalue weighted by molar-refractivity contribution is 14.1. The molecular formula is C20H25IO3. The summed E-state index contributed by atoms with van der Waals surface area (Å²) in [7, 11) is 0. The van der Waals surface area contributed by atoms with E-state index < -0.39 is 12.2 Å². The number of aliphatic hydroxyl groups excluding tert-OH is 2. The second-order valence-electron chi connectivity index (χ2n) is 8.82. The van der Waals surface area contributed by atoms with Gasteiger partial charge < -0.3 is 14.9 Å². The summed E-state index contributed by atoms with van der Waals surface area (Å²) in [6, 6.07) is 0. The molecule has 130 valence electrons. The van der Waals surface area contributed by atoms with Crippen LogP contribution >= 0.6 is 22.6 Å². The van der Waals surface area contributed by atoms with Crippen LogP contribution < -0.4 is 0 Å². The molecule has 0 aromatic rings. The monoisotopic (exact) mass is 440 g/mol. The Morgan fingerprint density at radius 1 is 1.25 bits per heavy atom. The molecule has 0 aromatic carbocycles. The maximum absolute atomic E-state index is 10.7. The normalized spacial score (nSPS) is 55.1. The van der Waals surface area contributed by atoms with Crippen molar-refractivity contribution in [2.45, 2.75) is 69.4 Å². The van der Waals surface area contributed by atoms with Crippen LogP contribution in [0.25, 0.3) is 0 Å². The lowest BCUT2D eigenvalue weighted by molar-refractivity contribution is -0.159. The van der Waals surface area contributed by atoms with E-state index in [0.717, 1.165) is 37.7 Å². The van der Waals surface area contributed by atoms with Crippen LogP contribution in [0, 0.1) is 17.3 Å². The van der Waals surface area contributed by atoms with E-state index in [1.54, 1.807) is 0 Å². The minimum atomic E-state index is -0.791. The van der Waals surface area contributed by atoms with Crippen LogP contribution in [0.4, 0.5) is 0 Å². The molecule has 1 saturated carbocycles. The highest BCUT2D eigenvalue weighted by Crippen LogP contribution is 2.67. The fourth-order valence-electron chi connectivity index (χ4n) is 6.24. The zero-order valence-electron chi connectivity index (χ0n) is 14.3. The Hall–Kier alpha value is -0.170. The predicted molar refractivity (Wildman–Crippen MR) is 101 cm³/mol. The lowest BCUT2D eigenvalue weighted by atomic mass is 9.61. The van der Waals surface area contributed by atoms with E-state index in [9.17, 15) is 10.2 Å². The summed E-state index contributed by atoms with van der Waals surface area (Å²) in [5.41, 5.74) is 1.83. The van der Waals surface area contributed by atoms with Crippen LogP contribution in [0.2, 0.25) is 0 Å². The average molecular weight is 440 g/mol. The zero-order chi connectivity index (χ0) is 16.9. The molecule has 3 nitrogen and oxygen atoms in total. The number of allylic oxidation sites excluding steroid dienone is 3. The quantitative estimate of drug-likeness (QED) is 0.566. The molecule has 24 heavy (non-hydrogen) atoms. The van der Waals surface area contributed by atoms with Gasteiger partial charge in [0.15, 0.2) is 0 Å². The Morgan fingerprint density at radius 3 is 2.83 bits per heavy atom. The lowest BCUT2D eigenvalue weighted by Crippen LogP contribution is -2.57. The second-order valence-corrected chi connectivity index (χ2v) is 9.99. The van der Waals surface area contributed by atoms with Gasteiger partial charge >= 0.3 is 0 Å². The van der Waals surface area contributed by atoms with Crippen molar-refractivity contribution < 1.29 is 14.9 Å². The van der Waals surface area contributed by atoms with Crippen molar-refractivity contribution in [3.05, 3.63) is 33.0 Å². The molecule has 5 rings (SSSR count). The Kier molecular flexibility index (Phi) is 3.18. The van der Waals surface area contributed by atoms with Crippen molar-refractivity contribution in [3.63, 3.8) is 0 Å². The summed E-state index contributed by atoms with van der Waals surface area (Å²) in [6.07, 6.45) is 10.4. The van der Waals surface area contributed by atoms with Crippen molar-refractivity contribution in [2.75, 3.05) is 0 Å². The molecule has 2 heterocycles. The van der Waals surface area contributed by atoms with Crippen LogP contribution in [0.1, 0.15) is 46.0 Å². The van der Waals surface area contributed by atoms with Gasteiger partial charge in [0, 0.05) is 11.3 Å². The van der Waals surface area contributed by atoms with E-state index in [1.807, 2.05) is 6.92 Å². The zero-order valence-corrected chi connectivity index (χ0v) is 16.4. The molecule has 0 radical (unpaired) electrons. The van der Waals surface area contributed by atoms with Gasteiger partial charge in [-0.3, -0.25) is 0 Å². The number of halogens is 1. The summed E-state index contributed by atoms with van der Waals surface area (Å²) < 4.78 is 8.43. The molecule has 2 bridgehead atoms. The van der Waals surface area contributed by atoms with Gasteiger partial charge in [0.25, 0.3) is 0 Å². The molecule has 2 fully saturated rings. The van der Waals surface area contributed by atoms with E-state index in [-0.39, 0.29) is 22.5 Å². The van der Waals surface area contributed by atoms with Crippen molar-refractivity contribution >= 4 is 22.6 Å². The highest BCUT2D eigenvalue weighted by Gasteiger charge is 2.66. The van der Waals surface area contributed by atoms with E-state index >= 15 is 0 Å². The first kappa shape index (κ1) is 16.0. The molecule has 4 heteroatoms. The van der Waals surface area contributed by atoms with Gasteiger partial charge in [-0.15, -0.1) is 0 Å². The third-order valence-electron chi connectivity index (χ3n) is 7.64. The molecule has 5 aliphatic rings. The molecule has 0 aromatic heterocycles. The third-order valence-corrected chi connectivity index (χ3v) is 9.31. The molecule has 0 unspecified atom stereocenters. The van der Waals surface area contributed by atoms with Crippen molar-refractivity contribution in [2.24, 2.45) is 17.3 Å². The topological polar surface area (TPSA) is 49.7 Å². The van der Waals surface area contributed by atoms with E-state index in [1.165, 1.54) is 9.15 Å². The minimum Gasteiger partial charge on any atom is -0.390 e. The first-order valence-electron chi connectivity index (χ1n) is 9.18. The maximum Gasteiger partial charge on any atom is 0.104 e. The first-order valence-corrected chi connectivity index (χ1v) is 10.3. The molecule has 7 atom stereocenters. The minimum absolute atomic E-state index is 0.0645. The van der Waals surface area contributed by atoms with Gasteiger partial charge in [-0.1, -0.05) is 32.1 Å². The Balaban J connectivity index is 1.66. The standard InChI is InChI=1S/C20H25IO3/c1-11-10-19-7-8-20(24-19)12(9-13(19)17(23)16(11)22)5-6-18(2)14(20)3-4-15(18)21/h4-5,9,11,14,16-17,22-23H,3,6-8,10H2,1-2H3/t11-,14+,16+,17+,18-,19+,20+/m0/s1. The summed E-state index contributed by atoms with van der Waals surface area (Å²) in [6.45, 7) is 4.42. The van der Waals surface area contributed by atoms with E-state index in [2.05, 4.69) is 47.7 Å². The number of hydrogen-bond donors (Lipinski definition) is 2. The van der Waals surface area contributed by atoms with E-state index in [0.29, 0.717) is 5.92 Å². The molecule has 0 amide bonds. The number of hydrogen-bond acceptors (Lipinski definition) is 3. The molecule has 1 saturated heterocycles. The van der Waals surface area contributed by atoms with Crippen LogP contribution in [0.5, 0.6) is 0 Å². The van der Waals surface area contributed by atoms with Crippen LogP contribution in [-0.2, 0) is 4.74 Å². The Morgan fingerprint density at radius 2 is 2.04 bits per heavy atom. The number of fused-ring (bicyclic) bond motifs is 1. The van der Waals surface area contributed by atoms with E-state index in [4.69, 9.17) is 4.74 Å². The van der Waals surface area contributed by atoms with Gasteiger partial charge in [0.2, 0.25) is 0 Å². The van der Waals surface area contributed by atoms with Crippen LogP contribution in [0.3, 0.4) is 0 Å². The van der Waals surface area contributed by atoms with Crippen molar-refractivity contribution in [1.29, 1.82) is 0 Å². The highest BCUT2D eigenvalue weighted by atomic mass is 127. The van der Waals surface area contributed by atoms with Gasteiger partial charge in [0.05, 0.1) is 17.3 Å². The second kappa shape index (κ2) is 4.76. The summed E-state index contributed by atoms with van der Waals surface area (Å²) in [5.74, 6) is 0.558. The van der Waals surface area contributed by atoms with Gasteiger partial charge in [-0.05, 0) is 75.3 Å². The Labute approximate surface area is 157 Å². The smallest absolute Gasteiger partial charge is 0.104 e. The summed E-state index contributed by atoms with van der Waals surface area (Å²) >= 11 is 2.52. The predicted octanol–water partition coefficient (Wildman–Crippen LogP) is 3.65. The number of aliphatic hydroxyl groups is 2. The molecular weight excluding hydrogens is 415 g/mol. The summed E-state index contributed by atoms with van der Waals surface area (Å²) in [5, 5.41) is 21.0. The van der Waals surface area contributed by atoms with Crippen molar-refractivity contribution in [1.82, 2.24) is 0 Å². The summed E-state index contributed by atoms with van der Waals surface area (Å²) in [4.78, 5) is 0. The Bertz CT molecular complexity index is 710. The van der Waals surface area contributed by atoms with Crippen LogP contribution in [-0.4, -0.2) is 33.6 Å². The van der Waals surface area contributed by atoms with Gasteiger partial charge in [0.1, 0.15) is 6.10 Å². The fraction of sp³-hybridized carbons (Fsp3) is 0.700. The average Bonchev–Trinajstić information content (AvgIpc) is 3.02. The molecule has 2 aliphatic heterocycles. The maximum atomic E-state index is 10.7. The van der Waals surface area contributed by atoms with Crippen LogP contribution in [0.15, 0.2) is 33.0 Å². The largest absolute Gasteiger partial charge is 0.390 e. The van der Waals surface area contributed by atoms with Crippen molar-refractivity contribution in [3.8, 4) is 0 Å². The lowest BCUT2D eigenvalue weighted by Gasteiger charge is -2.54. The fourth-order valence-corrected chi connectivity index (χ4v) is 7.09. The SMILES string of the molecule is C[C@H]1C[C@@]23CC[C@@]4(O2)C(=CC[C@]2(C)C(I)=CC[C@H]24)C=C3[C@@H](O)[C@@H]1O. The molecule has 3 aliphatic carbocycles. The van der Waals surface area contributed by atoms with Gasteiger partial charge in [-0.2, -0.15) is 0 Å². The van der Waals surface area contributed by atoms with Gasteiger partial charge in [-0.25, -0.2) is 0 Å².